The van der Waals surface area contributed by atoms with Gasteiger partial charge in [-0.1, -0.05) is 35.3 Å². The van der Waals surface area contributed by atoms with E-state index in [2.05, 4.69) is 10.3 Å². The number of halogens is 2. The highest BCUT2D eigenvalue weighted by Crippen LogP contribution is 2.23. The molecule has 2 aromatic rings. The van der Waals surface area contributed by atoms with Crippen molar-refractivity contribution in [1.82, 2.24) is 4.98 Å². The number of hydrogen-bond acceptors (Lipinski definition) is 2. The zero-order valence-electron chi connectivity index (χ0n) is 9.37. The summed E-state index contributed by atoms with van der Waals surface area (Å²) < 4.78 is 0. The van der Waals surface area contributed by atoms with E-state index >= 15 is 0 Å². The normalized spacial score (nSPS) is 10.3. The minimum atomic E-state index is 0.493. The molecule has 1 N–H and O–H groups in total. The van der Waals surface area contributed by atoms with Gasteiger partial charge in [-0.3, -0.25) is 0 Å². The second-order valence-corrected chi connectivity index (χ2v) is 4.57. The van der Waals surface area contributed by atoms with E-state index in [1.165, 1.54) is 0 Å². The van der Waals surface area contributed by atoms with Crippen molar-refractivity contribution in [2.45, 2.75) is 13.5 Å². The summed E-state index contributed by atoms with van der Waals surface area (Å²) in [7, 11) is 0. The van der Waals surface area contributed by atoms with Crippen LogP contribution in [0.1, 0.15) is 11.1 Å². The Morgan fingerprint density at radius 1 is 1.24 bits per heavy atom. The summed E-state index contributed by atoms with van der Waals surface area (Å²) in [6.45, 7) is 2.67. The van der Waals surface area contributed by atoms with Crippen molar-refractivity contribution in [3.8, 4) is 0 Å². The summed E-state index contributed by atoms with van der Waals surface area (Å²) in [5.74, 6) is 0. The molecule has 0 unspecified atom stereocenters. The van der Waals surface area contributed by atoms with E-state index in [1.807, 2.05) is 37.3 Å². The maximum Gasteiger partial charge on any atom is 0.152 e. The van der Waals surface area contributed by atoms with Gasteiger partial charge in [0.15, 0.2) is 5.15 Å². The highest BCUT2D eigenvalue weighted by molar-refractivity contribution is 6.32. The number of nitrogens with zero attached hydrogens (tertiary/aromatic N) is 1. The van der Waals surface area contributed by atoms with Gasteiger partial charge in [-0.15, -0.1) is 0 Å². The fraction of sp³-hybridized carbons (Fsp3) is 0.154. The number of pyridine rings is 1. The minimum absolute atomic E-state index is 0.493. The average Bonchev–Trinajstić information content (AvgIpc) is 2.28. The van der Waals surface area contributed by atoms with Crippen LogP contribution in [0, 0.1) is 6.92 Å². The molecule has 1 aromatic carbocycles. The van der Waals surface area contributed by atoms with Crippen LogP contribution in [0.4, 0.5) is 5.69 Å². The van der Waals surface area contributed by atoms with Crippen molar-refractivity contribution in [3.63, 3.8) is 0 Å². The Bertz CT molecular complexity index is 506. The number of aromatic nitrogens is 1. The summed E-state index contributed by atoms with van der Waals surface area (Å²) in [4.78, 5) is 4.05. The Balaban J connectivity index is 2.13. The topological polar surface area (TPSA) is 24.9 Å². The van der Waals surface area contributed by atoms with E-state index in [1.54, 1.807) is 6.20 Å². The van der Waals surface area contributed by atoms with Gasteiger partial charge in [0.1, 0.15) is 0 Å². The van der Waals surface area contributed by atoms with E-state index < -0.39 is 0 Å². The second-order valence-electron chi connectivity index (χ2n) is 3.78. The summed E-state index contributed by atoms with van der Waals surface area (Å²) in [6.07, 6.45) is 1.70. The monoisotopic (exact) mass is 266 g/mol. The van der Waals surface area contributed by atoms with Gasteiger partial charge in [0, 0.05) is 17.8 Å². The molecule has 0 radical (unpaired) electrons. The Kier molecular flexibility index (Phi) is 3.87. The lowest BCUT2D eigenvalue weighted by Crippen LogP contribution is -2.02. The molecule has 1 aromatic heterocycles. The van der Waals surface area contributed by atoms with Crippen LogP contribution in [0.3, 0.4) is 0 Å². The van der Waals surface area contributed by atoms with Gasteiger partial charge in [-0.05, 0) is 36.2 Å². The summed E-state index contributed by atoms with van der Waals surface area (Å²) in [6, 6.07) is 9.64. The SMILES string of the molecule is Cc1ccnc(Cl)c1NCc1cccc(Cl)c1. The van der Waals surface area contributed by atoms with Crippen molar-refractivity contribution in [3.05, 3.63) is 57.8 Å². The molecule has 0 saturated carbocycles. The molecule has 0 saturated heterocycles. The number of aryl methyl sites for hydroxylation is 1. The van der Waals surface area contributed by atoms with Crippen molar-refractivity contribution in [2.24, 2.45) is 0 Å². The van der Waals surface area contributed by atoms with E-state index in [9.17, 15) is 0 Å². The Labute approximate surface area is 111 Å². The number of anilines is 1. The number of hydrogen-bond donors (Lipinski definition) is 1. The van der Waals surface area contributed by atoms with E-state index in [4.69, 9.17) is 23.2 Å². The zero-order valence-corrected chi connectivity index (χ0v) is 10.9. The Hall–Kier alpha value is -1.25. The van der Waals surface area contributed by atoms with Crippen LogP contribution >= 0.6 is 23.2 Å². The first-order valence-corrected chi connectivity index (χ1v) is 6.02. The lowest BCUT2D eigenvalue weighted by atomic mass is 10.2. The molecule has 0 bridgehead atoms. The van der Waals surface area contributed by atoms with Gasteiger partial charge >= 0.3 is 0 Å². The summed E-state index contributed by atoms with van der Waals surface area (Å²) >= 11 is 12.0. The standard InChI is InChI=1S/C13H12Cl2N2/c1-9-5-6-16-13(15)12(9)17-8-10-3-2-4-11(14)7-10/h2-7,17H,8H2,1H3. The van der Waals surface area contributed by atoms with Crippen LogP contribution in [0.25, 0.3) is 0 Å². The fourth-order valence-electron chi connectivity index (χ4n) is 1.57. The van der Waals surface area contributed by atoms with Crippen LogP contribution in [-0.4, -0.2) is 4.98 Å². The molecule has 0 aliphatic heterocycles. The minimum Gasteiger partial charge on any atom is -0.378 e. The van der Waals surface area contributed by atoms with Crippen LogP contribution in [0.15, 0.2) is 36.5 Å². The molecule has 0 aliphatic carbocycles. The molecule has 2 nitrogen and oxygen atoms in total. The average molecular weight is 267 g/mol. The molecule has 0 atom stereocenters. The summed E-state index contributed by atoms with van der Waals surface area (Å²) in [5, 5.41) is 4.50. The van der Waals surface area contributed by atoms with Gasteiger partial charge in [-0.2, -0.15) is 0 Å². The smallest absolute Gasteiger partial charge is 0.152 e. The van der Waals surface area contributed by atoms with E-state index in [-0.39, 0.29) is 0 Å². The third kappa shape index (κ3) is 3.11. The van der Waals surface area contributed by atoms with Crippen molar-refractivity contribution >= 4 is 28.9 Å². The van der Waals surface area contributed by atoms with Crippen LogP contribution < -0.4 is 5.32 Å². The molecule has 0 aliphatic rings. The van der Waals surface area contributed by atoms with Crippen molar-refractivity contribution in [1.29, 1.82) is 0 Å². The Morgan fingerprint density at radius 3 is 2.76 bits per heavy atom. The predicted octanol–water partition coefficient (Wildman–Crippen LogP) is 4.31. The van der Waals surface area contributed by atoms with Crippen molar-refractivity contribution in [2.75, 3.05) is 5.32 Å². The first kappa shape index (κ1) is 12.2. The van der Waals surface area contributed by atoms with Crippen LogP contribution in [0.5, 0.6) is 0 Å². The Morgan fingerprint density at radius 2 is 2.06 bits per heavy atom. The summed E-state index contributed by atoms with van der Waals surface area (Å²) in [5.41, 5.74) is 3.05. The maximum atomic E-state index is 6.03. The highest BCUT2D eigenvalue weighted by atomic mass is 35.5. The maximum absolute atomic E-state index is 6.03. The first-order valence-electron chi connectivity index (χ1n) is 5.26. The largest absolute Gasteiger partial charge is 0.378 e. The van der Waals surface area contributed by atoms with Gasteiger partial charge in [-0.25, -0.2) is 4.98 Å². The lowest BCUT2D eigenvalue weighted by Gasteiger charge is -2.10. The fourth-order valence-corrected chi connectivity index (χ4v) is 2.06. The van der Waals surface area contributed by atoms with E-state index in [0.717, 1.165) is 21.8 Å². The molecule has 0 fully saturated rings. The van der Waals surface area contributed by atoms with Crippen LogP contribution in [0.2, 0.25) is 10.2 Å². The van der Waals surface area contributed by atoms with E-state index in [0.29, 0.717) is 11.7 Å². The zero-order chi connectivity index (χ0) is 12.3. The molecule has 2 rings (SSSR count). The molecule has 17 heavy (non-hydrogen) atoms. The molecule has 88 valence electrons. The quantitative estimate of drug-likeness (QED) is 0.838. The molecule has 4 heteroatoms. The van der Waals surface area contributed by atoms with Crippen molar-refractivity contribution < 1.29 is 0 Å². The number of nitrogens with one attached hydrogen (secondary N) is 1. The van der Waals surface area contributed by atoms with Gasteiger partial charge < -0.3 is 5.32 Å². The predicted molar refractivity (Wildman–Crippen MR) is 72.8 cm³/mol. The molecule has 0 spiro atoms. The third-order valence-corrected chi connectivity index (χ3v) is 2.99. The van der Waals surface area contributed by atoms with Gasteiger partial charge in [0.25, 0.3) is 0 Å². The molecular weight excluding hydrogens is 255 g/mol. The van der Waals surface area contributed by atoms with Gasteiger partial charge in [0.05, 0.1) is 5.69 Å². The second kappa shape index (κ2) is 5.39. The molecule has 1 heterocycles. The van der Waals surface area contributed by atoms with Crippen LogP contribution in [-0.2, 0) is 6.54 Å². The number of rotatable bonds is 3. The lowest BCUT2D eigenvalue weighted by molar-refractivity contribution is 1.12. The third-order valence-electron chi connectivity index (χ3n) is 2.47. The number of benzene rings is 1. The molecular formula is C13H12Cl2N2. The first-order chi connectivity index (χ1) is 8.16. The van der Waals surface area contributed by atoms with Gasteiger partial charge in [0.2, 0.25) is 0 Å². The highest BCUT2D eigenvalue weighted by Gasteiger charge is 2.04. The molecule has 0 amide bonds.